The fourth-order valence-electron chi connectivity index (χ4n) is 2.58. The molecule has 1 aliphatic heterocycles. The van der Waals surface area contributed by atoms with Gasteiger partial charge in [-0.25, -0.2) is 4.79 Å². The zero-order valence-electron chi connectivity index (χ0n) is 12.6. The predicted molar refractivity (Wildman–Crippen MR) is 94.7 cm³/mol. The molecular weight excluding hydrogens is 332 g/mol. The largest absolute Gasteiger partial charge is 0.495 e. The van der Waals surface area contributed by atoms with Crippen LogP contribution in [0.5, 0.6) is 5.75 Å². The molecule has 0 aromatic heterocycles. The summed E-state index contributed by atoms with van der Waals surface area (Å²) in [6.45, 7) is 0. The van der Waals surface area contributed by atoms with E-state index in [0.29, 0.717) is 16.5 Å². The number of nitrogens with one attached hydrogen (secondary N) is 2. The Bertz CT molecular complexity index is 723. The van der Waals surface area contributed by atoms with E-state index in [-0.39, 0.29) is 12.1 Å². The summed E-state index contributed by atoms with van der Waals surface area (Å²) in [5, 5.41) is 6.55. The molecule has 1 atom stereocenters. The molecule has 1 aliphatic rings. The fraction of sp³-hybridized carbons (Fsp3) is 0.235. The SMILES string of the molecule is COc1ccccc1NC(=O)N[C@@H]1CCSc2ccc(Cl)cc21. The average Bonchev–Trinajstić information content (AvgIpc) is 2.56. The summed E-state index contributed by atoms with van der Waals surface area (Å²) in [4.78, 5) is 13.5. The van der Waals surface area contributed by atoms with Gasteiger partial charge in [-0.15, -0.1) is 11.8 Å². The molecule has 0 radical (unpaired) electrons. The first-order valence-electron chi connectivity index (χ1n) is 7.30. The van der Waals surface area contributed by atoms with Gasteiger partial charge in [-0.05, 0) is 42.3 Å². The maximum atomic E-state index is 12.3. The van der Waals surface area contributed by atoms with Crippen molar-refractivity contribution in [3.63, 3.8) is 0 Å². The highest BCUT2D eigenvalue weighted by atomic mass is 35.5. The molecule has 4 nitrogen and oxygen atoms in total. The third kappa shape index (κ3) is 3.74. The van der Waals surface area contributed by atoms with E-state index in [9.17, 15) is 4.79 Å². The van der Waals surface area contributed by atoms with Crippen LogP contribution < -0.4 is 15.4 Å². The van der Waals surface area contributed by atoms with Crippen LogP contribution in [0, 0.1) is 0 Å². The minimum absolute atomic E-state index is 0.0420. The Kier molecular flexibility index (Phi) is 4.98. The molecule has 0 aliphatic carbocycles. The Morgan fingerprint density at radius 2 is 2.13 bits per heavy atom. The Morgan fingerprint density at radius 3 is 2.96 bits per heavy atom. The normalized spacial score (nSPS) is 16.3. The van der Waals surface area contributed by atoms with Gasteiger partial charge in [0.05, 0.1) is 18.8 Å². The van der Waals surface area contributed by atoms with Crippen molar-refractivity contribution in [2.45, 2.75) is 17.4 Å². The number of hydrogen-bond acceptors (Lipinski definition) is 3. The lowest BCUT2D eigenvalue weighted by atomic mass is 10.0. The number of fused-ring (bicyclic) bond motifs is 1. The molecular formula is C17H17ClN2O2S. The Labute approximate surface area is 144 Å². The van der Waals surface area contributed by atoms with Crippen LogP contribution in [-0.2, 0) is 0 Å². The van der Waals surface area contributed by atoms with Crippen LogP contribution in [0.2, 0.25) is 5.02 Å². The number of benzene rings is 2. The first-order chi connectivity index (χ1) is 11.2. The van der Waals surface area contributed by atoms with Crippen molar-refractivity contribution >= 4 is 35.1 Å². The van der Waals surface area contributed by atoms with Gasteiger partial charge in [0, 0.05) is 15.7 Å². The smallest absolute Gasteiger partial charge is 0.319 e. The van der Waals surface area contributed by atoms with Crippen molar-refractivity contribution in [2.75, 3.05) is 18.2 Å². The molecule has 2 N–H and O–H groups in total. The molecule has 2 amide bonds. The second-order valence-electron chi connectivity index (χ2n) is 5.17. The number of rotatable bonds is 3. The van der Waals surface area contributed by atoms with Crippen molar-refractivity contribution in [3.8, 4) is 5.75 Å². The molecule has 23 heavy (non-hydrogen) atoms. The highest BCUT2D eigenvalue weighted by Gasteiger charge is 2.23. The van der Waals surface area contributed by atoms with E-state index in [2.05, 4.69) is 10.6 Å². The number of amides is 2. The molecule has 0 saturated carbocycles. The van der Waals surface area contributed by atoms with Crippen LogP contribution in [0.1, 0.15) is 18.0 Å². The number of methoxy groups -OCH3 is 1. The lowest BCUT2D eigenvalue weighted by Crippen LogP contribution is -2.34. The number of halogens is 1. The highest BCUT2D eigenvalue weighted by molar-refractivity contribution is 7.99. The van der Waals surface area contributed by atoms with E-state index in [0.717, 1.165) is 17.7 Å². The topological polar surface area (TPSA) is 50.4 Å². The molecule has 2 aromatic rings. The van der Waals surface area contributed by atoms with Crippen LogP contribution >= 0.6 is 23.4 Å². The first-order valence-corrected chi connectivity index (χ1v) is 8.66. The van der Waals surface area contributed by atoms with Crippen LogP contribution in [0.15, 0.2) is 47.4 Å². The van der Waals surface area contributed by atoms with Gasteiger partial charge in [0.15, 0.2) is 0 Å². The zero-order chi connectivity index (χ0) is 16.2. The summed E-state index contributed by atoms with van der Waals surface area (Å²) in [6, 6.07) is 12.8. The minimum Gasteiger partial charge on any atom is -0.495 e. The van der Waals surface area contributed by atoms with E-state index in [4.69, 9.17) is 16.3 Å². The number of anilines is 1. The molecule has 2 aromatic carbocycles. The number of para-hydroxylation sites is 2. The number of hydrogen-bond donors (Lipinski definition) is 2. The average molecular weight is 349 g/mol. The number of carbonyl (C=O) groups is 1. The van der Waals surface area contributed by atoms with Crippen molar-refractivity contribution in [1.82, 2.24) is 5.32 Å². The molecule has 0 saturated heterocycles. The van der Waals surface area contributed by atoms with Crippen LogP contribution in [0.4, 0.5) is 10.5 Å². The van der Waals surface area contributed by atoms with Crippen LogP contribution in [0.3, 0.4) is 0 Å². The predicted octanol–water partition coefficient (Wildman–Crippen LogP) is 4.71. The van der Waals surface area contributed by atoms with Gasteiger partial charge in [0.1, 0.15) is 5.75 Å². The van der Waals surface area contributed by atoms with Crippen LogP contribution in [0.25, 0.3) is 0 Å². The Balaban J connectivity index is 1.73. The molecule has 0 spiro atoms. The number of thioether (sulfide) groups is 1. The molecule has 0 unspecified atom stereocenters. The van der Waals surface area contributed by atoms with Crippen molar-refractivity contribution in [1.29, 1.82) is 0 Å². The van der Waals surface area contributed by atoms with Gasteiger partial charge in [-0.2, -0.15) is 0 Å². The molecule has 120 valence electrons. The van der Waals surface area contributed by atoms with Gasteiger partial charge < -0.3 is 15.4 Å². The summed E-state index contributed by atoms with van der Waals surface area (Å²) < 4.78 is 5.24. The molecule has 0 bridgehead atoms. The lowest BCUT2D eigenvalue weighted by molar-refractivity contribution is 0.248. The summed E-state index contributed by atoms with van der Waals surface area (Å²) in [7, 11) is 1.58. The summed E-state index contributed by atoms with van der Waals surface area (Å²) in [5.41, 5.74) is 1.72. The van der Waals surface area contributed by atoms with E-state index in [1.165, 1.54) is 4.90 Å². The second kappa shape index (κ2) is 7.15. The monoisotopic (exact) mass is 348 g/mol. The third-order valence-electron chi connectivity index (χ3n) is 3.67. The summed E-state index contributed by atoms with van der Waals surface area (Å²) >= 11 is 7.88. The molecule has 6 heteroatoms. The molecule has 0 fully saturated rings. The van der Waals surface area contributed by atoms with Crippen molar-refractivity contribution < 1.29 is 9.53 Å². The van der Waals surface area contributed by atoms with Crippen LogP contribution in [-0.4, -0.2) is 18.9 Å². The zero-order valence-corrected chi connectivity index (χ0v) is 14.2. The number of ether oxygens (including phenoxy) is 1. The van der Waals surface area contributed by atoms with E-state index in [1.54, 1.807) is 24.9 Å². The number of urea groups is 1. The van der Waals surface area contributed by atoms with Gasteiger partial charge in [0.2, 0.25) is 0 Å². The molecule has 1 heterocycles. The van der Waals surface area contributed by atoms with Gasteiger partial charge in [-0.1, -0.05) is 23.7 Å². The van der Waals surface area contributed by atoms with E-state index < -0.39 is 0 Å². The second-order valence-corrected chi connectivity index (χ2v) is 6.74. The maximum absolute atomic E-state index is 12.3. The third-order valence-corrected chi connectivity index (χ3v) is 5.03. The lowest BCUT2D eigenvalue weighted by Gasteiger charge is -2.26. The van der Waals surface area contributed by atoms with E-state index >= 15 is 0 Å². The minimum atomic E-state index is -0.252. The summed E-state index contributed by atoms with van der Waals surface area (Å²) in [5.74, 6) is 1.60. The van der Waals surface area contributed by atoms with Crippen molar-refractivity contribution in [3.05, 3.63) is 53.1 Å². The summed E-state index contributed by atoms with van der Waals surface area (Å²) in [6.07, 6.45) is 0.872. The standard InChI is InChI=1S/C17H17ClN2O2S/c1-22-15-5-3-2-4-14(15)20-17(21)19-13-8-9-23-16-7-6-11(18)10-12(13)16/h2-7,10,13H,8-9H2,1H3,(H2,19,20,21)/t13-/m1/s1. The van der Waals surface area contributed by atoms with E-state index in [1.807, 2.05) is 36.4 Å². The van der Waals surface area contributed by atoms with Gasteiger partial charge in [-0.3, -0.25) is 0 Å². The molecule has 3 rings (SSSR count). The highest BCUT2D eigenvalue weighted by Crippen LogP contribution is 2.37. The Morgan fingerprint density at radius 1 is 1.30 bits per heavy atom. The maximum Gasteiger partial charge on any atom is 0.319 e. The quantitative estimate of drug-likeness (QED) is 0.844. The Hall–Kier alpha value is -1.85. The first kappa shape index (κ1) is 16.0. The van der Waals surface area contributed by atoms with Gasteiger partial charge in [0.25, 0.3) is 0 Å². The fourth-order valence-corrected chi connectivity index (χ4v) is 3.87. The number of carbonyl (C=O) groups excluding carboxylic acids is 1. The van der Waals surface area contributed by atoms with Crippen molar-refractivity contribution in [2.24, 2.45) is 0 Å². The van der Waals surface area contributed by atoms with Gasteiger partial charge >= 0.3 is 6.03 Å².